The number of carbonyl (C=O) groups is 1. The van der Waals surface area contributed by atoms with Gasteiger partial charge in [-0.05, 0) is 55.5 Å². The number of piperidine rings is 1. The molecule has 0 bridgehead atoms. The first kappa shape index (κ1) is 24.4. The SMILES string of the molecule is COc1cc(CNC(=O)CC(C)C2CCNCC2)ccc1OCC(F)(F)F.Cl. The van der Waals surface area contributed by atoms with Gasteiger partial charge < -0.3 is 20.1 Å². The fourth-order valence-electron chi connectivity index (χ4n) is 3.25. The molecular weight excluding hydrogens is 397 g/mol. The second-order valence-electron chi connectivity index (χ2n) is 6.93. The molecule has 28 heavy (non-hydrogen) atoms. The molecule has 2 rings (SSSR count). The van der Waals surface area contributed by atoms with Crippen LogP contribution in [0.5, 0.6) is 11.5 Å². The van der Waals surface area contributed by atoms with Crippen molar-refractivity contribution in [2.45, 2.75) is 38.9 Å². The van der Waals surface area contributed by atoms with Crippen LogP contribution in [0, 0.1) is 11.8 Å². The van der Waals surface area contributed by atoms with E-state index in [4.69, 9.17) is 9.47 Å². The molecule has 1 aliphatic rings. The van der Waals surface area contributed by atoms with Gasteiger partial charge in [0, 0.05) is 13.0 Å². The van der Waals surface area contributed by atoms with Crippen LogP contribution in [0.15, 0.2) is 18.2 Å². The maximum Gasteiger partial charge on any atom is 0.422 e. The number of benzene rings is 1. The van der Waals surface area contributed by atoms with Crippen molar-refractivity contribution in [3.8, 4) is 11.5 Å². The Hall–Kier alpha value is -1.67. The van der Waals surface area contributed by atoms with Gasteiger partial charge in [0.2, 0.25) is 5.91 Å². The van der Waals surface area contributed by atoms with Crippen molar-refractivity contribution in [2.75, 3.05) is 26.8 Å². The number of hydrogen-bond acceptors (Lipinski definition) is 4. The first-order valence-electron chi connectivity index (χ1n) is 9.12. The highest BCUT2D eigenvalue weighted by atomic mass is 35.5. The van der Waals surface area contributed by atoms with Crippen molar-refractivity contribution in [3.05, 3.63) is 23.8 Å². The van der Waals surface area contributed by atoms with E-state index in [9.17, 15) is 18.0 Å². The number of alkyl halides is 3. The van der Waals surface area contributed by atoms with Gasteiger partial charge in [0.15, 0.2) is 18.1 Å². The molecule has 1 heterocycles. The molecule has 0 aliphatic carbocycles. The average Bonchev–Trinajstić information content (AvgIpc) is 2.65. The summed E-state index contributed by atoms with van der Waals surface area (Å²) in [5.74, 6) is 1.07. The number of halogens is 4. The minimum Gasteiger partial charge on any atom is -0.493 e. The maximum absolute atomic E-state index is 12.3. The number of ether oxygens (including phenoxy) is 2. The van der Waals surface area contributed by atoms with Crippen molar-refractivity contribution in [2.24, 2.45) is 11.8 Å². The standard InChI is InChI=1S/C19H27F3N2O3.ClH/c1-13(15-5-7-23-8-6-15)9-18(25)24-11-14-3-4-16(17(10-14)26-2)27-12-19(20,21)22;/h3-4,10,13,15,23H,5-9,11-12H2,1-2H3,(H,24,25);1H. The number of hydrogen-bond donors (Lipinski definition) is 2. The smallest absolute Gasteiger partial charge is 0.422 e. The van der Waals surface area contributed by atoms with E-state index in [0.29, 0.717) is 18.3 Å². The molecule has 0 saturated carbocycles. The predicted octanol–water partition coefficient (Wildman–Crippen LogP) is 3.70. The van der Waals surface area contributed by atoms with Crippen LogP contribution in [0.4, 0.5) is 13.2 Å². The molecule has 2 N–H and O–H groups in total. The molecule has 0 aromatic heterocycles. The van der Waals surface area contributed by atoms with Crippen molar-refractivity contribution in [3.63, 3.8) is 0 Å². The van der Waals surface area contributed by atoms with E-state index >= 15 is 0 Å². The topological polar surface area (TPSA) is 59.6 Å². The summed E-state index contributed by atoms with van der Waals surface area (Å²) in [5, 5.41) is 6.18. The molecule has 1 unspecified atom stereocenters. The molecule has 1 aromatic rings. The summed E-state index contributed by atoms with van der Waals surface area (Å²) >= 11 is 0. The third-order valence-electron chi connectivity index (χ3n) is 4.80. The Morgan fingerprint density at radius 2 is 1.96 bits per heavy atom. The lowest BCUT2D eigenvalue weighted by Crippen LogP contribution is -2.33. The first-order valence-corrected chi connectivity index (χ1v) is 9.12. The van der Waals surface area contributed by atoms with E-state index in [1.54, 1.807) is 12.1 Å². The lowest BCUT2D eigenvalue weighted by atomic mass is 9.84. The maximum atomic E-state index is 12.3. The summed E-state index contributed by atoms with van der Waals surface area (Å²) in [7, 11) is 1.36. The van der Waals surface area contributed by atoms with Crippen LogP contribution in [0.2, 0.25) is 0 Å². The number of amides is 1. The van der Waals surface area contributed by atoms with Crippen LogP contribution in [-0.4, -0.2) is 38.9 Å². The van der Waals surface area contributed by atoms with E-state index in [0.717, 1.165) is 31.5 Å². The Bertz CT molecular complexity index is 623. The Morgan fingerprint density at radius 1 is 1.29 bits per heavy atom. The van der Waals surface area contributed by atoms with E-state index in [-0.39, 0.29) is 36.4 Å². The molecule has 9 heteroatoms. The Kier molecular flexibility index (Phi) is 9.89. The second-order valence-corrected chi connectivity index (χ2v) is 6.93. The average molecular weight is 425 g/mol. The van der Waals surface area contributed by atoms with Crippen molar-refractivity contribution >= 4 is 18.3 Å². The van der Waals surface area contributed by atoms with Crippen molar-refractivity contribution in [1.82, 2.24) is 10.6 Å². The minimum absolute atomic E-state index is 0. The van der Waals surface area contributed by atoms with E-state index in [1.165, 1.54) is 13.2 Å². The number of methoxy groups -OCH3 is 1. The zero-order chi connectivity index (χ0) is 19.9. The molecule has 1 aliphatic heterocycles. The molecule has 0 spiro atoms. The van der Waals surface area contributed by atoms with Crippen molar-refractivity contribution in [1.29, 1.82) is 0 Å². The molecule has 1 amide bonds. The molecule has 1 atom stereocenters. The Morgan fingerprint density at radius 3 is 2.57 bits per heavy atom. The van der Waals surface area contributed by atoms with E-state index in [1.807, 2.05) is 0 Å². The van der Waals surface area contributed by atoms with Crippen molar-refractivity contribution < 1.29 is 27.4 Å². The fourth-order valence-corrected chi connectivity index (χ4v) is 3.25. The van der Waals surface area contributed by atoms with Gasteiger partial charge in [-0.2, -0.15) is 13.2 Å². The third-order valence-corrected chi connectivity index (χ3v) is 4.80. The molecule has 0 radical (unpaired) electrons. The summed E-state index contributed by atoms with van der Waals surface area (Å²) < 4.78 is 46.7. The van der Waals surface area contributed by atoms with Gasteiger partial charge in [-0.1, -0.05) is 13.0 Å². The molecule has 160 valence electrons. The molecule has 5 nitrogen and oxygen atoms in total. The van der Waals surface area contributed by atoms with Gasteiger partial charge >= 0.3 is 6.18 Å². The fraction of sp³-hybridized carbons (Fsp3) is 0.632. The van der Waals surface area contributed by atoms with Gasteiger partial charge in [-0.25, -0.2) is 0 Å². The molecular formula is C19H28ClF3N2O3. The zero-order valence-corrected chi connectivity index (χ0v) is 16.9. The summed E-state index contributed by atoms with van der Waals surface area (Å²) in [6.07, 6.45) is -1.77. The lowest BCUT2D eigenvalue weighted by molar-refractivity contribution is -0.153. The third kappa shape index (κ3) is 8.14. The van der Waals surface area contributed by atoms with Gasteiger partial charge in [0.05, 0.1) is 7.11 Å². The number of rotatable bonds is 8. The molecule has 1 saturated heterocycles. The zero-order valence-electron chi connectivity index (χ0n) is 16.1. The number of carbonyl (C=O) groups excluding carboxylic acids is 1. The van der Waals surface area contributed by atoms with E-state index in [2.05, 4.69) is 17.6 Å². The van der Waals surface area contributed by atoms with Crippen LogP contribution >= 0.6 is 12.4 Å². The van der Waals surface area contributed by atoms with Gasteiger partial charge in [-0.3, -0.25) is 4.79 Å². The van der Waals surface area contributed by atoms with E-state index < -0.39 is 12.8 Å². The van der Waals surface area contributed by atoms with Gasteiger partial charge in [0.25, 0.3) is 0 Å². The van der Waals surface area contributed by atoms with Crippen LogP contribution in [0.25, 0.3) is 0 Å². The highest BCUT2D eigenvalue weighted by Crippen LogP contribution is 2.30. The quantitative estimate of drug-likeness (QED) is 0.668. The van der Waals surface area contributed by atoms with Gasteiger partial charge in [-0.15, -0.1) is 12.4 Å². The predicted molar refractivity (Wildman–Crippen MR) is 103 cm³/mol. The van der Waals surface area contributed by atoms with Crippen LogP contribution in [0.1, 0.15) is 31.7 Å². The Balaban J connectivity index is 0.00000392. The monoisotopic (exact) mass is 424 g/mol. The molecule has 1 aromatic carbocycles. The lowest BCUT2D eigenvalue weighted by Gasteiger charge is -2.27. The van der Waals surface area contributed by atoms with Crippen LogP contribution < -0.4 is 20.1 Å². The highest BCUT2D eigenvalue weighted by molar-refractivity contribution is 5.85. The van der Waals surface area contributed by atoms with Crippen LogP contribution in [0.3, 0.4) is 0 Å². The number of nitrogens with one attached hydrogen (secondary N) is 2. The summed E-state index contributed by atoms with van der Waals surface area (Å²) in [6.45, 7) is 3.01. The minimum atomic E-state index is -4.41. The molecule has 1 fully saturated rings. The highest BCUT2D eigenvalue weighted by Gasteiger charge is 2.29. The second kappa shape index (κ2) is 11.4. The summed E-state index contributed by atoms with van der Waals surface area (Å²) in [4.78, 5) is 12.2. The van der Waals surface area contributed by atoms with Crippen LogP contribution in [-0.2, 0) is 11.3 Å². The summed E-state index contributed by atoms with van der Waals surface area (Å²) in [5.41, 5.74) is 0.731. The summed E-state index contributed by atoms with van der Waals surface area (Å²) in [6, 6.07) is 4.61. The van der Waals surface area contributed by atoms with Gasteiger partial charge in [0.1, 0.15) is 0 Å². The first-order chi connectivity index (χ1) is 12.8. The largest absolute Gasteiger partial charge is 0.493 e. The normalized spacial score (nSPS) is 16.0. The Labute approximate surface area is 169 Å².